The Balaban J connectivity index is 0.00000288. The maximum atomic E-state index is 5.98. The van der Waals surface area contributed by atoms with Crippen LogP contribution in [0.1, 0.15) is 55.3 Å². The molecule has 0 unspecified atom stereocenters. The van der Waals surface area contributed by atoms with Gasteiger partial charge in [-0.3, -0.25) is 4.99 Å². The zero-order valence-electron chi connectivity index (χ0n) is 14.8. The lowest BCUT2D eigenvalue weighted by atomic mass is 10.1. The van der Waals surface area contributed by atoms with Crippen molar-refractivity contribution in [2.24, 2.45) is 4.99 Å². The standard InChI is InChI=1S/C17H30N4OS.HI/c1-3-15-12-20-16(23-15)13-21-17(18-2)19-10-11-22-14-8-6-4-5-7-9-14;/h12,14H,3-11,13H2,1-2H3,(H2,18,19,21);1H. The van der Waals surface area contributed by atoms with Crippen molar-refractivity contribution in [2.45, 2.75) is 64.5 Å². The molecule has 0 saturated heterocycles. The van der Waals surface area contributed by atoms with E-state index in [9.17, 15) is 0 Å². The van der Waals surface area contributed by atoms with Crippen molar-refractivity contribution >= 4 is 41.3 Å². The predicted octanol–water partition coefficient (Wildman–Crippen LogP) is 3.73. The van der Waals surface area contributed by atoms with Crippen LogP contribution in [0.5, 0.6) is 0 Å². The number of hydrogen-bond acceptors (Lipinski definition) is 4. The molecule has 0 aliphatic heterocycles. The van der Waals surface area contributed by atoms with Gasteiger partial charge in [0.1, 0.15) is 5.01 Å². The van der Waals surface area contributed by atoms with Gasteiger partial charge in [-0.05, 0) is 19.3 Å². The smallest absolute Gasteiger partial charge is 0.191 e. The Bertz CT molecular complexity index is 473. The number of thiazole rings is 1. The fourth-order valence-corrected chi connectivity index (χ4v) is 3.58. The number of aromatic nitrogens is 1. The minimum absolute atomic E-state index is 0. The molecule has 24 heavy (non-hydrogen) atoms. The van der Waals surface area contributed by atoms with Crippen LogP contribution in [0.4, 0.5) is 0 Å². The van der Waals surface area contributed by atoms with E-state index in [1.54, 1.807) is 18.4 Å². The van der Waals surface area contributed by atoms with E-state index in [0.717, 1.165) is 30.5 Å². The summed E-state index contributed by atoms with van der Waals surface area (Å²) in [6.07, 6.45) is 11.3. The van der Waals surface area contributed by atoms with E-state index in [1.807, 2.05) is 6.20 Å². The summed E-state index contributed by atoms with van der Waals surface area (Å²) in [5, 5.41) is 7.71. The van der Waals surface area contributed by atoms with Gasteiger partial charge in [0.15, 0.2) is 5.96 Å². The topological polar surface area (TPSA) is 58.5 Å². The average molecular weight is 466 g/mol. The van der Waals surface area contributed by atoms with Gasteiger partial charge in [-0.15, -0.1) is 35.3 Å². The van der Waals surface area contributed by atoms with E-state index in [0.29, 0.717) is 12.6 Å². The second-order valence-electron chi connectivity index (χ2n) is 5.91. The van der Waals surface area contributed by atoms with E-state index < -0.39 is 0 Å². The molecule has 2 rings (SSSR count). The third-order valence-corrected chi connectivity index (χ3v) is 5.27. The molecular weight excluding hydrogens is 435 g/mol. The van der Waals surface area contributed by atoms with Gasteiger partial charge in [0.25, 0.3) is 0 Å². The summed E-state index contributed by atoms with van der Waals surface area (Å²) in [5.41, 5.74) is 0. The first-order valence-corrected chi connectivity index (χ1v) is 9.63. The number of nitrogens with zero attached hydrogens (tertiary/aromatic N) is 2. The van der Waals surface area contributed by atoms with Gasteiger partial charge in [0.2, 0.25) is 0 Å². The lowest BCUT2D eigenvalue weighted by Gasteiger charge is -2.16. The van der Waals surface area contributed by atoms with Crippen LogP contribution in [-0.2, 0) is 17.7 Å². The van der Waals surface area contributed by atoms with Gasteiger partial charge >= 0.3 is 0 Å². The lowest BCUT2D eigenvalue weighted by molar-refractivity contribution is 0.0468. The van der Waals surface area contributed by atoms with Crippen molar-refractivity contribution in [3.8, 4) is 0 Å². The third-order valence-electron chi connectivity index (χ3n) is 4.13. The van der Waals surface area contributed by atoms with E-state index in [1.165, 1.54) is 43.4 Å². The maximum absolute atomic E-state index is 5.98. The molecule has 7 heteroatoms. The van der Waals surface area contributed by atoms with E-state index >= 15 is 0 Å². The van der Waals surface area contributed by atoms with E-state index in [-0.39, 0.29) is 24.0 Å². The first kappa shape index (κ1) is 21.6. The van der Waals surface area contributed by atoms with Crippen LogP contribution in [0.25, 0.3) is 0 Å². The van der Waals surface area contributed by atoms with Crippen LogP contribution >= 0.6 is 35.3 Å². The number of nitrogens with one attached hydrogen (secondary N) is 2. The van der Waals surface area contributed by atoms with Crippen molar-refractivity contribution in [2.75, 3.05) is 20.2 Å². The molecule has 0 radical (unpaired) electrons. The zero-order chi connectivity index (χ0) is 16.3. The normalized spacial score (nSPS) is 16.3. The van der Waals surface area contributed by atoms with Crippen LogP contribution < -0.4 is 10.6 Å². The second kappa shape index (κ2) is 12.9. The molecule has 1 aliphatic carbocycles. The molecule has 138 valence electrons. The van der Waals surface area contributed by atoms with Crippen molar-refractivity contribution in [1.82, 2.24) is 15.6 Å². The van der Waals surface area contributed by atoms with Crippen molar-refractivity contribution < 1.29 is 4.74 Å². The molecule has 1 saturated carbocycles. The number of hydrogen-bond donors (Lipinski definition) is 2. The summed E-state index contributed by atoms with van der Waals surface area (Å²) in [6, 6.07) is 0. The Kier molecular flexibility index (Phi) is 11.6. The minimum atomic E-state index is 0. The number of guanidine groups is 1. The first-order chi connectivity index (χ1) is 11.3. The largest absolute Gasteiger partial charge is 0.376 e. The zero-order valence-corrected chi connectivity index (χ0v) is 18.0. The summed E-state index contributed by atoms with van der Waals surface area (Å²) in [4.78, 5) is 9.97. The molecule has 0 amide bonds. The van der Waals surface area contributed by atoms with Crippen LogP contribution in [0, 0.1) is 0 Å². The summed E-state index contributed by atoms with van der Waals surface area (Å²) in [6.45, 7) is 4.39. The van der Waals surface area contributed by atoms with Crippen molar-refractivity contribution in [3.63, 3.8) is 0 Å². The third kappa shape index (κ3) is 8.11. The Morgan fingerprint density at radius 2 is 2.04 bits per heavy atom. The summed E-state index contributed by atoms with van der Waals surface area (Å²) in [5.74, 6) is 0.808. The number of halogens is 1. The molecule has 1 aromatic heterocycles. The fraction of sp³-hybridized carbons (Fsp3) is 0.765. The number of aryl methyl sites for hydroxylation is 1. The minimum Gasteiger partial charge on any atom is -0.376 e. The molecule has 0 aromatic carbocycles. The second-order valence-corrected chi connectivity index (χ2v) is 7.11. The van der Waals surface area contributed by atoms with Gasteiger partial charge in [-0.2, -0.15) is 0 Å². The Labute approximate surface area is 167 Å². The van der Waals surface area contributed by atoms with Crippen molar-refractivity contribution in [3.05, 3.63) is 16.1 Å². The monoisotopic (exact) mass is 466 g/mol. The Morgan fingerprint density at radius 3 is 2.67 bits per heavy atom. The molecule has 1 heterocycles. The van der Waals surface area contributed by atoms with Crippen LogP contribution in [0.15, 0.2) is 11.2 Å². The fourth-order valence-electron chi connectivity index (χ4n) is 2.78. The first-order valence-electron chi connectivity index (χ1n) is 8.81. The van der Waals surface area contributed by atoms with Crippen LogP contribution in [-0.4, -0.2) is 37.2 Å². The molecule has 0 atom stereocenters. The highest BCUT2D eigenvalue weighted by atomic mass is 127. The summed E-state index contributed by atoms with van der Waals surface area (Å²) >= 11 is 1.75. The average Bonchev–Trinajstić information content (AvgIpc) is 2.88. The molecule has 1 fully saturated rings. The summed E-state index contributed by atoms with van der Waals surface area (Å²) < 4.78 is 5.98. The molecule has 0 spiro atoms. The van der Waals surface area contributed by atoms with E-state index in [4.69, 9.17) is 4.74 Å². The number of rotatable bonds is 7. The SMILES string of the molecule is CCc1cnc(CNC(=NC)NCCOC2CCCCCC2)s1.I. The number of ether oxygens (including phenoxy) is 1. The summed E-state index contributed by atoms with van der Waals surface area (Å²) in [7, 11) is 1.79. The van der Waals surface area contributed by atoms with Crippen LogP contribution in [0.3, 0.4) is 0 Å². The molecule has 2 N–H and O–H groups in total. The maximum Gasteiger partial charge on any atom is 0.191 e. The number of aliphatic imine (C=N–C) groups is 1. The van der Waals surface area contributed by atoms with E-state index in [2.05, 4.69) is 27.5 Å². The quantitative estimate of drug-likeness (QED) is 0.212. The molecular formula is C17H31IN4OS. The Hall–Kier alpha value is -0.410. The van der Waals surface area contributed by atoms with Crippen molar-refractivity contribution in [1.29, 1.82) is 0 Å². The van der Waals surface area contributed by atoms with Gasteiger partial charge in [0, 0.05) is 24.7 Å². The lowest BCUT2D eigenvalue weighted by Crippen LogP contribution is -2.38. The molecule has 1 aromatic rings. The van der Waals surface area contributed by atoms with Gasteiger partial charge in [-0.25, -0.2) is 4.98 Å². The highest BCUT2D eigenvalue weighted by Crippen LogP contribution is 2.19. The highest BCUT2D eigenvalue weighted by molar-refractivity contribution is 14.0. The van der Waals surface area contributed by atoms with Crippen LogP contribution in [0.2, 0.25) is 0 Å². The highest BCUT2D eigenvalue weighted by Gasteiger charge is 2.12. The van der Waals surface area contributed by atoms with Gasteiger partial charge in [-0.1, -0.05) is 32.6 Å². The Morgan fingerprint density at radius 1 is 1.29 bits per heavy atom. The van der Waals surface area contributed by atoms with Gasteiger partial charge in [0.05, 0.1) is 19.3 Å². The predicted molar refractivity (Wildman–Crippen MR) is 113 cm³/mol. The van der Waals surface area contributed by atoms with Gasteiger partial charge < -0.3 is 15.4 Å². The molecule has 5 nitrogen and oxygen atoms in total. The molecule has 0 bridgehead atoms. The molecule has 1 aliphatic rings.